The number of halogens is 1. The van der Waals surface area contributed by atoms with Gasteiger partial charge < -0.3 is 4.57 Å². The Balaban J connectivity index is 1.80. The molecule has 112 valence electrons. The van der Waals surface area contributed by atoms with Gasteiger partial charge in [-0.2, -0.15) is 5.21 Å². The summed E-state index contributed by atoms with van der Waals surface area (Å²) in [6.45, 7) is 0. The van der Waals surface area contributed by atoms with Gasteiger partial charge in [0.1, 0.15) is 0 Å². The zero-order valence-electron chi connectivity index (χ0n) is 11.5. The lowest BCUT2D eigenvalue weighted by Gasteiger charge is -2.19. The van der Waals surface area contributed by atoms with Crippen molar-refractivity contribution < 1.29 is 4.79 Å². The molecule has 1 aromatic carbocycles. The number of H-pyrrole nitrogens is 1. The van der Waals surface area contributed by atoms with Gasteiger partial charge in [0.05, 0.1) is 12.5 Å². The fourth-order valence-corrected chi connectivity index (χ4v) is 2.33. The molecule has 8 heteroatoms. The number of amides is 1. The van der Waals surface area contributed by atoms with Gasteiger partial charge in [-0.25, -0.2) is 0 Å². The van der Waals surface area contributed by atoms with Gasteiger partial charge in [0.25, 0.3) is 5.95 Å². The highest BCUT2D eigenvalue weighted by molar-refractivity contribution is 6.30. The van der Waals surface area contributed by atoms with Crippen molar-refractivity contribution in [2.75, 3.05) is 5.32 Å². The highest BCUT2D eigenvalue weighted by Gasteiger charge is 2.18. The molecule has 0 fully saturated rings. The molecule has 0 saturated heterocycles. The van der Waals surface area contributed by atoms with Crippen molar-refractivity contribution >= 4 is 23.5 Å². The minimum Gasteiger partial charge on any atom is -0.346 e. The van der Waals surface area contributed by atoms with Crippen molar-refractivity contribution in [2.24, 2.45) is 0 Å². The highest BCUT2D eigenvalue weighted by Crippen LogP contribution is 2.24. The monoisotopic (exact) mass is 316 g/mol. The molecule has 0 radical (unpaired) electrons. The second-order valence-corrected chi connectivity index (χ2v) is 5.12. The molecule has 22 heavy (non-hydrogen) atoms. The van der Waals surface area contributed by atoms with E-state index >= 15 is 0 Å². The zero-order chi connectivity index (χ0) is 15.4. The van der Waals surface area contributed by atoms with Crippen LogP contribution in [0.2, 0.25) is 5.02 Å². The maximum atomic E-state index is 12.2. The molecule has 2 aromatic heterocycles. The van der Waals surface area contributed by atoms with E-state index in [-0.39, 0.29) is 24.3 Å². The number of hydrogen-bond acceptors (Lipinski definition) is 4. The lowest BCUT2D eigenvalue weighted by molar-refractivity contribution is -0.116. The smallest absolute Gasteiger partial charge is 0.269 e. The molecule has 2 N–H and O–H groups in total. The van der Waals surface area contributed by atoms with Crippen LogP contribution in [0.5, 0.6) is 0 Å². The maximum Gasteiger partial charge on any atom is 0.269 e. The van der Waals surface area contributed by atoms with Gasteiger partial charge in [-0.05, 0) is 35.0 Å². The number of aromatic nitrogens is 5. The van der Waals surface area contributed by atoms with Crippen LogP contribution >= 0.6 is 11.6 Å². The Labute approximate surface area is 131 Å². The number of hydrogen-bond donors (Lipinski definition) is 2. The van der Waals surface area contributed by atoms with Gasteiger partial charge in [0.15, 0.2) is 0 Å². The highest BCUT2D eigenvalue weighted by atomic mass is 35.5. The molecule has 0 aliphatic rings. The summed E-state index contributed by atoms with van der Waals surface area (Å²) >= 11 is 5.93. The summed E-state index contributed by atoms with van der Waals surface area (Å²) in [4.78, 5) is 12.2. The minimum absolute atomic E-state index is 0.140. The van der Waals surface area contributed by atoms with E-state index in [1.165, 1.54) is 0 Å². The van der Waals surface area contributed by atoms with Crippen LogP contribution in [0.3, 0.4) is 0 Å². The van der Waals surface area contributed by atoms with Crippen LogP contribution in [0.15, 0.2) is 48.8 Å². The number of nitrogens with zero attached hydrogens (tertiary/aromatic N) is 4. The summed E-state index contributed by atoms with van der Waals surface area (Å²) in [7, 11) is 0. The van der Waals surface area contributed by atoms with Crippen LogP contribution in [-0.2, 0) is 4.79 Å². The third kappa shape index (κ3) is 3.32. The summed E-state index contributed by atoms with van der Waals surface area (Å²) in [5.74, 6) is -0.0394. The molecule has 3 aromatic rings. The molecule has 0 saturated carbocycles. The maximum absolute atomic E-state index is 12.2. The second-order valence-electron chi connectivity index (χ2n) is 4.69. The van der Waals surface area contributed by atoms with Gasteiger partial charge in [0.2, 0.25) is 5.91 Å². The number of tetrazole rings is 1. The van der Waals surface area contributed by atoms with Crippen LogP contribution in [0.1, 0.15) is 18.0 Å². The molecular weight excluding hydrogens is 304 g/mol. The number of nitrogens with one attached hydrogen (secondary N) is 2. The Morgan fingerprint density at radius 3 is 2.64 bits per heavy atom. The van der Waals surface area contributed by atoms with E-state index in [4.69, 9.17) is 11.6 Å². The minimum atomic E-state index is -0.199. The molecule has 1 atom stereocenters. The summed E-state index contributed by atoms with van der Waals surface area (Å²) < 4.78 is 1.97. The number of aromatic amines is 1. The van der Waals surface area contributed by atoms with Crippen LogP contribution in [0.4, 0.5) is 5.95 Å². The molecule has 3 rings (SSSR count). The SMILES string of the molecule is O=C(C[C@@H](c1ccc(Cl)cc1)n1cccc1)Nc1nn[nH]n1. The van der Waals surface area contributed by atoms with Gasteiger partial charge in [-0.15, -0.1) is 5.10 Å². The molecule has 0 unspecified atom stereocenters. The van der Waals surface area contributed by atoms with E-state index in [0.717, 1.165) is 5.56 Å². The Morgan fingerprint density at radius 2 is 2.00 bits per heavy atom. The van der Waals surface area contributed by atoms with Crippen LogP contribution < -0.4 is 5.32 Å². The quantitative estimate of drug-likeness (QED) is 0.755. The number of rotatable bonds is 5. The largest absolute Gasteiger partial charge is 0.346 e. The van der Waals surface area contributed by atoms with E-state index in [1.54, 1.807) is 0 Å². The lowest BCUT2D eigenvalue weighted by atomic mass is 10.0. The van der Waals surface area contributed by atoms with Crippen LogP contribution in [0, 0.1) is 0 Å². The van der Waals surface area contributed by atoms with Crippen molar-refractivity contribution in [3.05, 3.63) is 59.4 Å². The number of anilines is 1. The zero-order valence-corrected chi connectivity index (χ0v) is 12.2. The first kappa shape index (κ1) is 14.3. The summed E-state index contributed by atoms with van der Waals surface area (Å²) in [6.07, 6.45) is 4.08. The Morgan fingerprint density at radius 1 is 1.27 bits per heavy atom. The Bertz CT molecular complexity index is 723. The summed E-state index contributed by atoms with van der Waals surface area (Å²) in [6, 6.07) is 11.1. The lowest BCUT2D eigenvalue weighted by Crippen LogP contribution is -2.20. The molecule has 0 bridgehead atoms. The van der Waals surface area contributed by atoms with Gasteiger partial charge in [-0.3, -0.25) is 10.1 Å². The van der Waals surface area contributed by atoms with Gasteiger partial charge in [0, 0.05) is 17.4 Å². The molecule has 2 heterocycles. The predicted octanol–water partition coefficient (Wildman–Crippen LogP) is 2.27. The van der Waals surface area contributed by atoms with Crippen molar-refractivity contribution in [2.45, 2.75) is 12.5 Å². The predicted molar refractivity (Wildman–Crippen MR) is 81.4 cm³/mol. The van der Waals surface area contributed by atoms with Crippen molar-refractivity contribution in [1.82, 2.24) is 25.2 Å². The van der Waals surface area contributed by atoms with E-state index in [1.807, 2.05) is 53.4 Å². The molecule has 0 aliphatic heterocycles. The molecular formula is C14H13ClN6O. The average molecular weight is 317 g/mol. The van der Waals surface area contributed by atoms with Crippen LogP contribution in [0.25, 0.3) is 0 Å². The van der Waals surface area contributed by atoms with Crippen molar-refractivity contribution in [3.63, 3.8) is 0 Å². The number of benzene rings is 1. The number of carbonyl (C=O) groups is 1. The van der Waals surface area contributed by atoms with E-state index in [0.29, 0.717) is 5.02 Å². The first-order valence-electron chi connectivity index (χ1n) is 6.63. The van der Waals surface area contributed by atoms with E-state index in [9.17, 15) is 4.79 Å². The fraction of sp³-hybridized carbons (Fsp3) is 0.143. The average Bonchev–Trinajstić information content (AvgIpc) is 3.19. The molecule has 0 aliphatic carbocycles. The van der Waals surface area contributed by atoms with Crippen LogP contribution in [-0.4, -0.2) is 31.1 Å². The standard InChI is InChI=1S/C14H13ClN6O/c15-11-5-3-10(4-6-11)12(21-7-1-2-8-21)9-13(22)16-14-17-19-20-18-14/h1-8,12H,9H2,(H2,16,17,18,19,20,22)/t12-/m0/s1. The van der Waals surface area contributed by atoms with Gasteiger partial charge in [-0.1, -0.05) is 28.8 Å². The number of carbonyl (C=O) groups excluding carboxylic acids is 1. The van der Waals surface area contributed by atoms with Crippen molar-refractivity contribution in [3.8, 4) is 0 Å². The van der Waals surface area contributed by atoms with E-state index < -0.39 is 0 Å². The Kier molecular flexibility index (Phi) is 4.15. The first-order valence-corrected chi connectivity index (χ1v) is 7.01. The fourth-order valence-electron chi connectivity index (χ4n) is 2.20. The third-order valence-corrected chi connectivity index (χ3v) is 3.47. The molecule has 7 nitrogen and oxygen atoms in total. The normalized spacial score (nSPS) is 12.0. The summed E-state index contributed by atoms with van der Waals surface area (Å²) in [5.41, 5.74) is 0.990. The summed E-state index contributed by atoms with van der Waals surface area (Å²) in [5, 5.41) is 16.4. The van der Waals surface area contributed by atoms with E-state index in [2.05, 4.69) is 25.9 Å². The second kappa shape index (κ2) is 6.40. The Hall–Kier alpha value is -2.67. The molecule has 1 amide bonds. The molecule has 0 spiro atoms. The first-order chi connectivity index (χ1) is 10.7. The van der Waals surface area contributed by atoms with Crippen molar-refractivity contribution in [1.29, 1.82) is 0 Å². The van der Waals surface area contributed by atoms with Gasteiger partial charge >= 0.3 is 0 Å². The third-order valence-electron chi connectivity index (χ3n) is 3.22. The topological polar surface area (TPSA) is 88.5 Å².